The van der Waals surface area contributed by atoms with Crippen molar-refractivity contribution in [2.45, 2.75) is 27.2 Å². The lowest BCUT2D eigenvalue weighted by Gasteiger charge is -2.35. The summed E-state index contributed by atoms with van der Waals surface area (Å²) in [5, 5.41) is 0. The van der Waals surface area contributed by atoms with Crippen molar-refractivity contribution in [1.82, 2.24) is 4.90 Å². The molecule has 0 aliphatic carbocycles. The lowest BCUT2D eigenvalue weighted by Crippen LogP contribution is -2.42. The number of benzene rings is 1. The van der Waals surface area contributed by atoms with Crippen LogP contribution in [-0.4, -0.2) is 30.4 Å². The molecule has 2 unspecified atom stereocenters. The highest BCUT2D eigenvalue weighted by atomic mass is 16.2. The largest absolute Gasteiger partial charge is 0.338 e. The topological polar surface area (TPSA) is 46.3 Å². The average Bonchev–Trinajstić information content (AvgIpc) is 2.48. The summed E-state index contributed by atoms with van der Waals surface area (Å²) < 4.78 is 0. The third-order valence-corrected chi connectivity index (χ3v) is 4.42. The maximum absolute atomic E-state index is 12.6. The number of piperidine rings is 1. The minimum Gasteiger partial charge on any atom is -0.338 e. The predicted molar refractivity (Wildman–Crippen MR) is 86.0 cm³/mol. The number of carbonyl (C=O) groups is 1. The van der Waals surface area contributed by atoms with E-state index in [1.807, 2.05) is 30.0 Å². The summed E-state index contributed by atoms with van der Waals surface area (Å²) in [6.07, 6.45) is 1.09. The summed E-state index contributed by atoms with van der Waals surface area (Å²) in [4.78, 5) is 14.6. The van der Waals surface area contributed by atoms with Gasteiger partial charge in [0, 0.05) is 24.2 Å². The fraction of sp³-hybridized carbons (Fsp3) is 0.500. The Balaban J connectivity index is 2.15. The molecule has 0 aromatic heterocycles. The number of hydrogen-bond donors (Lipinski definition) is 1. The van der Waals surface area contributed by atoms with Crippen LogP contribution in [0.5, 0.6) is 0 Å². The number of likely N-dealkylation sites (tertiary alicyclic amines) is 1. The van der Waals surface area contributed by atoms with Gasteiger partial charge in [-0.15, -0.1) is 0 Å². The van der Waals surface area contributed by atoms with Gasteiger partial charge in [0.1, 0.15) is 0 Å². The first-order valence-corrected chi connectivity index (χ1v) is 7.61. The second-order valence-corrected chi connectivity index (χ2v) is 6.03. The van der Waals surface area contributed by atoms with Gasteiger partial charge in [-0.05, 0) is 48.9 Å². The van der Waals surface area contributed by atoms with E-state index in [2.05, 4.69) is 25.7 Å². The Hall–Kier alpha value is -1.79. The van der Waals surface area contributed by atoms with E-state index in [1.54, 1.807) is 0 Å². The zero-order chi connectivity index (χ0) is 15.4. The molecule has 1 aromatic rings. The van der Waals surface area contributed by atoms with Crippen molar-refractivity contribution in [1.29, 1.82) is 0 Å². The van der Waals surface area contributed by atoms with Crippen molar-refractivity contribution in [3.8, 4) is 11.8 Å². The molecule has 0 radical (unpaired) electrons. The van der Waals surface area contributed by atoms with Gasteiger partial charge >= 0.3 is 0 Å². The molecular formula is C18H24N2O. The Labute approximate surface area is 127 Å². The van der Waals surface area contributed by atoms with Crippen molar-refractivity contribution in [2.24, 2.45) is 17.6 Å². The first-order chi connectivity index (χ1) is 10.0. The lowest BCUT2D eigenvalue weighted by atomic mass is 9.88. The van der Waals surface area contributed by atoms with Gasteiger partial charge in [0.25, 0.3) is 5.91 Å². The van der Waals surface area contributed by atoms with E-state index < -0.39 is 0 Å². The second kappa shape index (κ2) is 6.78. The number of rotatable bonds is 1. The third-order valence-electron chi connectivity index (χ3n) is 4.42. The molecule has 1 aliphatic rings. The van der Waals surface area contributed by atoms with Gasteiger partial charge in [0.2, 0.25) is 0 Å². The molecule has 1 aliphatic heterocycles. The van der Waals surface area contributed by atoms with E-state index in [-0.39, 0.29) is 5.91 Å². The van der Waals surface area contributed by atoms with Crippen LogP contribution in [0.15, 0.2) is 18.2 Å². The van der Waals surface area contributed by atoms with Gasteiger partial charge in [0.15, 0.2) is 0 Å². The summed E-state index contributed by atoms with van der Waals surface area (Å²) >= 11 is 0. The summed E-state index contributed by atoms with van der Waals surface area (Å²) in [7, 11) is 0. The van der Waals surface area contributed by atoms with Crippen LogP contribution in [-0.2, 0) is 0 Å². The van der Waals surface area contributed by atoms with Gasteiger partial charge in [-0.1, -0.05) is 25.7 Å². The van der Waals surface area contributed by atoms with Crippen molar-refractivity contribution in [3.05, 3.63) is 34.9 Å². The van der Waals surface area contributed by atoms with E-state index in [0.717, 1.165) is 36.2 Å². The molecule has 2 rings (SSSR count). The summed E-state index contributed by atoms with van der Waals surface area (Å²) in [5.74, 6) is 7.28. The molecule has 1 heterocycles. The standard InChI is InChI=1S/C18H24N2O/c1-13-8-10-20(12-15(13)3)18(21)17-7-6-16(5-4-9-19)14(2)11-17/h6-7,11,13,15H,8-10,12,19H2,1-3H3. The first kappa shape index (κ1) is 15.6. The highest BCUT2D eigenvalue weighted by Crippen LogP contribution is 2.24. The van der Waals surface area contributed by atoms with Crippen LogP contribution in [0.2, 0.25) is 0 Å². The number of amides is 1. The average molecular weight is 284 g/mol. The highest BCUT2D eigenvalue weighted by Gasteiger charge is 2.26. The number of nitrogens with two attached hydrogens (primary N) is 1. The van der Waals surface area contributed by atoms with Crippen molar-refractivity contribution in [2.75, 3.05) is 19.6 Å². The SMILES string of the molecule is Cc1cc(C(=O)N2CCC(C)C(C)C2)ccc1C#CCN. The van der Waals surface area contributed by atoms with E-state index in [4.69, 9.17) is 5.73 Å². The number of aryl methyl sites for hydroxylation is 1. The molecule has 1 saturated heterocycles. The fourth-order valence-corrected chi connectivity index (χ4v) is 2.71. The molecule has 1 aromatic carbocycles. The molecule has 1 amide bonds. The highest BCUT2D eigenvalue weighted by molar-refractivity contribution is 5.94. The van der Waals surface area contributed by atoms with E-state index in [0.29, 0.717) is 18.4 Å². The minimum absolute atomic E-state index is 0.134. The van der Waals surface area contributed by atoms with Crippen LogP contribution < -0.4 is 5.73 Å². The minimum atomic E-state index is 0.134. The number of carbonyl (C=O) groups excluding carboxylic acids is 1. The Morgan fingerprint density at radius 1 is 1.38 bits per heavy atom. The lowest BCUT2D eigenvalue weighted by molar-refractivity contribution is 0.0627. The third kappa shape index (κ3) is 3.65. The maximum atomic E-state index is 12.6. The van der Waals surface area contributed by atoms with E-state index in [1.165, 1.54) is 0 Å². The normalized spacial score (nSPS) is 21.6. The molecule has 1 fully saturated rings. The Morgan fingerprint density at radius 2 is 2.14 bits per heavy atom. The van der Waals surface area contributed by atoms with Crippen LogP contribution in [0.1, 0.15) is 41.8 Å². The Morgan fingerprint density at radius 3 is 2.76 bits per heavy atom. The molecule has 3 nitrogen and oxygen atoms in total. The van der Waals surface area contributed by atoms with Crippen molar-refractivity contribution < 1.29 is 4.79 Å². The molecular weight excluding hydrogens is 260 g/mol. The van der Waals surface area contributed by atoms with Gasteiger partial charge in [-0.2, -0.15) is 0 Å². The zero-order valence-corrected chi connectivity index (χ0v) is 13.1. The van der Waals surface area contributed by atoms with Crippen LogP contribution in [0.3, 0.4) is 0 Å². The smallest absolute Gasteiger partial charge is 0.253 e. The van der Waals surface area contributed by atoms with Crippen LogP contribution >= 0.6 is 0 Å². The van der Waals surface area contributed by atoms with Gasteiger partial charge in [0.05, 0.1) is 6.54 Å². The van der Waals surface area contributed by atoms with Crippen molar-refractivity contribution >= 4 is 5.91 Å². The maximum Gasteiger partial charge on any atom is 0.253 e. The Bertz CT molecular complexity index is 583. The van der Waals surface area contributed by atoms with E-state index >= 15 is 0 Å². The Kier molecular flexibility index (Phi) is 5.03. The molecule has 2 atom stereocenters. The second-order valence-electron chi connectivity index (χ2n) is 6.03. The van der Waals surface area contributed by atoms with E-state index in [9.17, 15) is 4.79 Å². The van der Waals surface area contributed by atoms with Crippen LogP contribution in [0.25, 0.3) is 0 Å². The molecule has 3 heteroatoms. The first-order valence-electron chi connectivity index (χ1n) is 7.61. The number of nitrogens with zero attached hydrogens (tertiary/aromatic N) is 1. The molecule has 0 saturated carbocycles. The molecule has 0 bridgehead atoms. The zero-order valence-electron chi connectivity index (χ0n) is 13.1. The van der Waals surface area contributed by atoms with Gasteiger partial charge < -0.3 is 10.6 Å². The molecule has 0 spiro atoms. The summed E-state index contributed by atoms with van der Waals surface area (Å²) in [6.45, 7) is 8.54. The van der Waals surface area contributed by atoms with Crippen LogP contribution in [0.4, 0.5) is 0 Å². The quantitative estimate of drug-likeness (QED) is 0.805. The summed E-state index contributed by atoms with van der Waals surface area (Å²) in [6, 6.07) is 5.73. The van der Waals surface area contributed by atoms with Crippen LogP contribution in [0, 0.1) is 30.6 Å². The molecule has 21 heavy (non-hydrogen) atoms. The number of hydrogen-bond acceptors (Lipinski definition) is 2. The van der Waals surface area contributed by atoms with Gasteiger partial charge in [-0.3, -0.25) is 4.79 Å². The van der Waals surface area contributed by atoms with Crippen molar-refractivity contribution in [3.63, 3.8) is 0 Å². The monoisotopic (exact) mass is 284 g/mol. The fourth-order valence-electron chi connectivity index (χ4n) is 2.71. The molecule has 112 valence electrons. The van der Waals surface area contributed by atoms with Gasteiger partial charge in [-0.25, -0.2) is 0 Å². The predicted octanol–water partition coefficient (Wildman–Crippen LogP) is 2.42. The molecule has 2 N–H and O–H groups in total. The summed E-state index contributed by atoms with van der Waals surface area (Å²) in [5.41, 5.74) is 8.12.